The molecule has 6 nitrogen and oxygen atoms in total. The van der Waals surface area contributed by atoms with Crippen LogP contribution in [0.1, 0.15) is 5.56 Å². The topological polar surface area (TPSA) is 82.4 Å². The molecule has 3 rings (SSSR count). The Balaban J connectivity index is 2.08. The Morgan fingerprint density at radius 1 is 1.30 bits per heavy atom. The van der Waals surface area contributed by atoms with Crippen molar-refractivity contribution in [2.24, 2.45) is 0 Å². The molecule has 1 atom stereocenters. The smallest absolute Gasteiger partial charge is 0.264 e. The molecular formula is C21H17Cl2N3O3S. The third-order valence-corrected chi connectivity index (χ3v) is 6.32. The van der Waals surface area contributed by atoms with Gasteiger partial charge in [-0.25, -0.2) is 0 Å². The zero-order valence-corrected chi connectivity index (χ0v) is 18.4. The molecule has 1 fully saturated rings. The molecule has 2 aromatic rings. The van der Waals surface area contributed by atoms with Gasteiger partial charge in [-0.1, -0.05) is 41.0 Å². The van der Waals surface area contributed by atoms with Crippen molar-refractivity contribution in [3.63, 3.8) is 0 Å². The second-order valence-corrected chi connectivity index (χ2v) is 8.33. The lowest BCUT2D eigenvalue weighted by Crippen LogP contribution is -2.31. The fourth-order valence-corrected chi connectivity index (χ4v) is 4.68. The van der Waals surface area contributed by atoms with Gasteiger partial charge in [0.05, 0.1) is 18.0 Å². The summed E-state index contributed by atoms with van der Waals surface area (Å²) >= 11 is 13.5. The van der Waals surface area contributed by atoms with Gasteiger partial charge in [-0.3, -0.25) is 14.5 Å². The highest BCUT2D eigenvalue weighted by Crippen LogP contribution is 2.43. The number of carbonyl (C=O) groups excluding carboxylic acids is 2. The van der Waals surface area contributed by atoms with Gasteiger partial charge in [0.2, 0.25) is 5.91 Å². The Kier molecular flexibility index (Phi) is 6.93. The number of halogens is 2. The molecule has 0 bridgehead atoms. The number of hydrogen-bond acceptors (Lipinski definition) is 5. The lowest BCUT2D eigenvalue weighted by molar-refractivity contribution is -0.117. The summed E-state index contributed by atoms with van der Waals surface area (Å²) in [6, 6.07) is 13.8. The van der Waals surface area contributed by atoms with Crippen LogP contribution in [0.4, 0.5) is 5.69 Å². The normalized spacial score (nSPS) is 17.5. The minimum absolute atomic E-state index is 0.140. The van der Waals surface area contributed by atoms with Gasteiger partial charge in [0.25, 0.3) is 5.91 Å². The zero-order chi connectivity index (χ0) is 21.8. The SMILES string of the molecule is CNC(=O)/C(C#N)=C1\S[C@H](Cc2cc(Cl)ccc2Cl)C(=O)N1c1cccc(OC)c1. The fourth-order valence-electron chi connectivity index (χ4n) is 3.00. The first-order chi connectivity index (χ1) is 14.4. The summed E-state index contributed by atoms with van der Waals surface area (Å²) in [4.78, 5) is 27.0. The summed E-state index contributed by atoms with van der Waals surface area (Å²) in [6.45, 7) is 0. The molecule has 2 aromatic carbocycles. The van der Waals surface area contributed by atoms with E-state index >= 15 is 0 Å². The van der Waals surface area contributed by atoms with E-state index in [0.717, 1.165) is 11.8 Å². The van der Waals surface area contributed by atoms with Gasteiger partial charge < -0.3 is 10.1 Å². The molecule has 0 aliphatic carbocycles. The van der Waals surface area contributed by atoms with Crippen LogP contribution in [-0.4, -0.2) is 31.2 Å². The Labute approximate surface area is 188 Å². The van der Waals surface area contributed by atoms with Crippen LogP contribution in [0.5, 0.6) is 5.75 Å². The highest BCUT2D eigenvalue weighted by Gasteiger charge is 2.41. The predicted octanol–water partition coefficient (Wildman–Crippen LogP) is 4.17. The molecule has 1 heterocycles. The minimum atomic E-state index is -0.588. The number of rotatable bonds is 5. The maximum absolute atomic E-state index is 13.4. The van der Waals surface area contributed by atoms with Crippen LogP contribution in [0.15, 0.2) is 53.1 Å². The van der Waals surface area contributed by atoms with Gasteiger partial charge in [0.15, 0.2) is 0 Å². The van der Waals surface area contributed by atoms with Crippen molar-refractivity contribution in [2.45, 2.75) is 11.7 Å². The van der Waals surface area contributed by atoms with E-state index in [1.807, 2.05) is 6.07 Å². The van der Waals surface area contributed by atoms with E-state index in [-0.39, 0.29) is 16.5 Å². The van der Waals surface area contributed by atoms with Crippen LogP contribution in [0.25, 0.3) is 0 Å². The third kappa shape index (κ3) is 4.41. The Morgan fingerprint density at radius 2 is 2.07 bits per heavy atom. The van der Waals surface area contributed by atoms with Crippen molar-refractivity contribution >= 4 is 52.5 Å². The molecule has 30 heavy (non-hydrogen) atoms. The van der Waals surface area contributed by atoms with Crippen molar-refractivity contribution in [1.82, 2.24) is 5.32 Å². The molecule has 154 valence electrons. The highest BCUT2D eigenvalue weighted by molar-refractivity contribution is 8.05. The van der Waals surface area contributed by atoms with Crippen molar-refractivity contribution in [2.75, 3.05) is 19.1 Å². The molecule has 0 unspecified atom stereocenters. The van der Waals surface area contributed by atoms with E-state index in [0.29, 0.717) is 33.5 Å². The summed E-state index contributed by atoms with van der Waals surface area (Å²) < 4.78 is 5.25. The summed E-state index contributed by atoms with van der Waals surface area (Å²) in [5.74, 6) is -0.289. The van der Waals surface area contributed by atoms with Crippen LogP contribution in [0, 0.1) is 11.3 Å². The number of likely N-dealkylation sites (N-methyl/N-ethyl adjacent to an activating group) is 1. The quantitative estimate of drug-likeness (QED) is 0.533. The van der Waals surface area contributed by atoms with Gasteiger partial charge in [0, 0.05) is 23.2 Å². The molecule has 0 aromatic heterocycles. The van der Waals surface area contributed by atoms with Crippen LogP contribution in [0.2, 0.25) is 10.0 Å². The second-order valence-electron chi connectivity index (χ2n) is 6.29. The molecule has 9 heteroatoms. The van der Waals surface area contributed by atoms with Crippen molar-refractivity contribution in [3.8, 4) is 11.8 Å². The van der Waals surface area contributed by atoms with Crippen LogP contribution >= 0.6 is 35.0 Å². The summed E-state index contributed by atoms with van der Waals surface area (Å²) in [5.41, 5.74) is 1.07. The monoisotopic (exact) mass is 461 g/mol. The lowest BCUT2D eigenvalue weighted by atomic mass is 10.1. The van der Waals surface area contributed by atoms with E-state index in [4.69, 9.17) is 27.9 Å². The summed E-state index contributed by atoms with van der Waals surface area (Å²) in [5, 5.41) is 12.7. The lowest BCUT2D eigenvalue weighted by Gasteiger charge is -2.19. The standard InChI is InChI=1S/C21H17Cl2N3O3S/c1-25-19(27)16(11-24)21-26(14-4-3-5-15(10-14)29-2)20(28)18(30-21)9-12-8-13(22)6-7-17(12)23/h3-8,10,18H,9H2,1-2H3,(H,25,27)/b21-16-/t18-/m1/s1. The number of ether oxygens (including phenoxy) is 1. The average molecular weight is 462 g/mol. The molecule has 1 saturated heterocycles. The molecule has 1 N–H and O–H groups in total. The minimum Gasteiger partial charge on any atom is -0.497 e. The number of nitrogens with one attached hydrogen (secondary N) is 1. The van der Waals surface area contributed by atoms with Gasteiger partial charge >= 0.3 is 0 Å². The molecule has 2 amide bonds. The van der Waals surface area contributed by atoms with E-state index in [9.17, 15) is 14.9 Å². The second kappa shape index (κ2) is 9.43. The molecule has 1 aliphatic rings. The van der Waals surface area contributed by atoms with Gasteiger partial charge in [0.1, 0.15) is 22.4 Å². The predicted molar refractivity (Wildman–Crippen MR) is 119 cm³/mol. The third-order valence-electron chi connectivity index (χ3n) is 4.46. The van der Waals surface area contributed by atoms with Crippen LogP contribution in [-0.2, 0) is 16.0 Å². The van der Waals surface area contributed by atoms with Gasteiger partial charge in [-0.15, -0.1) is 0 Å². The fraction of sp³-hybridized carbons (Fsp3) is 0.190. The van der Waals surface area contributed by atoms with E-state index in [2.05, 4.69) is 5.32 Å². The van der Waals surface area contributed by atoms with Crippen molar-refractivity contribution < 1.29 is 14.3 Å². The van der Waals surface area contributed by atoms with E-state index in [1.54, 1.807) is 42.5 Å². The molecule has 0 saturated carbocycles. The van der Waals surface area contributed by atoms with E-state index in [1.165, 1.54) is 19.1 Å². The molecular weight excluding hydrogens is 445 g/mol. The van der Waals surface area contributed by atoms with Gasteiger partial charge in [-0.2, -0.15) is 5.26 Å². The largest absolute Gasteiger partial charge is 0.497 e. The number of nitriles is 1. The number of hydrogen-bond donors (Lipinski definition) is 1. The summed E-state index contributed by atoms with van der Waals surface area (Å²) in [7, 11) is 2.95. The van der Waals surface area contributed by atoms with Gasteiger partial charge in [-0.05, 0) is 42.3 Å². The summed E-state index contributed by atoms with van der Waals surface area (Å²) in [6.07, 6.45) is 0.291. The number of amides is 2. The van der Waals surface area contributed by atoms with Crippen molar-refractivity contribution in [1.29, 1.82) is 5.26 Å². The molecule has 0 radical (unpaired) electrons. The van der Waals surface area contributed by atoms with Crippen LogP contribution in [0.3, 0.4) is 0 Å². The van der Waals surface area contributed by atoms with Crippen molar-refractivity contribution in [3.05, 3.63) is 68.7 Å². The molecule has 1 aliphatic heterocycles. The Morgan fingerprint density at radius 3 is 2.73 bits per heavy atom. The first-order valence-electron chi connectivity index (χ1n) is 8.84. The first kappa shape index (κ1) is 22.0. The number of methoxy groups -OCH3 is 1. The average Bonchev–Trinajstić information content (AvgIpc) is 3.06. The number of thioether (sulfide) groups is 1. The maximum Gasteiger partial charge on any atom is 0.264 e. The van der Waals surface area contributed by atoms with Crippen LogP contribution < -0.4 is 15.0 Å². The number of nitrogens with zero attached hydrogens (tertiary/aromatic N) is 2. The first-order valence-corrected chi connectivity index (χ1v) is 10.5. The Hall–Kier alpha value is -2.66. The molecule has 0 spiro atoms. The number of benzene rings is 2. The maximum atomic E-state index is 13.4. The highest BCUT2D eigenvalue weighted by atomic mass is 35.5. The number of carbonyl (C=O) groups is 2. The Bertz CT molecular complexity index is 1080. The number of anilines is 1. The zero-order valence-electron chi connectivity index (χ0n) is 16.1. The van der Waals surface area contributed by atoms with E-state index < -0.39 is 11.2 Å².